The summed E-state index contributed by atoms with van der Waals surface area (Å²) in [4.78, 5) is 5.03. The van der Waals surface area contributed by atoms with Gasteiger partial charge < -0.3 is 0 Å². The fraction of sp³-hybridized carbons (Fsp3) is 0. The average Bonchev–Trinajstić information content (AvgIpc) is 3.30. The molecule has 0 atom stereocenters. The van der Waals surface area contributed by atoms with Gasteiger partial charge >= 0.3 is 0 Å². The molecule has 0 radical (unpaired) electrons. The quantitative estimate of drug-likeness (QED) is 0.281. The van der Waals surface area contributed by atoms with Crippen LogP contribution in [0.15, 0.2) is 133 Å². The van der Waals surface area contributed by atoms with Gasteiger partial charge in [-0.25, -0.2) is 4.98 Å². The zero-order chi connectivity index (χ0) is 22.0. The first-order valence-electron chi connectivity index (χ1n) is 11.2. The molecule has 2 heteroatoms. The van der Waals surface area contributed by atoms with E-state index in [2.05, 4.69) is 126 Å². The van der Waals surface area contributed by atoms with Crippen molar-refractivity contribution in [2.75, 3.05) is 0 Å². The minimum atomic E-state index is 0.945. The number of fused-ring (bicyclic) bond motifs is 1. The number of para-hydroxylation sites is 2. The second-order valence-corrected chi connectivity index (χ2v) is 8.13. The number of nitrogens with zero attached hydrogens (tertiary/aromatic N) is 2. The van der Waals surface area contributed by atoms with Crippen molar-refractivity contribution in [1.29, 1.82) is 0 Å². The van der Waals surface area contributed by atoms with Crippen LogP contribution in [0.3, 0.4) is 0 Å². The van der Waals surface area contributed by atoms with Crippen LogP contribution in [0, 0.1) is 0 Å². The Kier molecular flexibility index (Phi) is 4.82. The molecule has 2 nitrogen and oxygen atoms in total. The van der Waals surface area contributed by atoms with E-state index in [-0.39, 0.29) is 0 Å². The third kappa shape index (κ3) is 3.62. The zero-order valence-electron chi connectivity index (χ0n) is 18.1. The van der Waals surface area contributed by atoms with Crippen molar-refractivity contribution in [2.24, 2.45) is 0 Å². The lowest BCUT2D eigenvalue weighted by Gasteiger charge is -2.15. The van der Waals surface area contributed by atoms with Crippen LogP contribution in [0.5, 0.6) is 0 Å². The van der Waals surface area contributed by atoms with Crippen LogP contribution in [-0.2, 0) is 0 Å². The van der Waals surface area contributed by atoms with Crippen LogP contribution in [0.1, 0.15) is 0 Å². The van der Waals surface area contributed by atoms with Crippen molar-refractivity contribution in [3.05, 3.63) is 133 Å². The maximum atomic E-state index is 5.03. The molecule has 0 bridgehead atoms. The summed E-state index contributed by atoms with van der Waals surface area (Å²) in [6.07, 6.45) is 0. The molecule has 0 saturated heterocycles. The summed E-state index contributed by atoms with van der Waals surface area (Å²) in [5.74, 6) is 0.945. The summed E-state index contributed by atoms with van der Waals surface area (Å²) in [6.45, 7) is 0. The van der Waals surface area contributed by atoms with Crippen molar-refractivity contribution < 1.29 is 0 Å². The number of imidazole rings is 1. The first-order valence-corrected chi connectivity index (χ1v) is 11.2. The lowest BCUT2D eigenvalue weighted by molar-refractivity contribution is 1.10. The Morgan fingerprint density at radius 1 is 0.424 bits per heavy atom. The Morgan fingerprint density at radius 2 is 0.909 bits per heavy atom. The van der Waals surface area contributed by atoms with E-state index in [1.165, 1.54) is 22.3 Å². The van der Waals surface area contributed by atoms with Gasteiger partial charge in [-0.15, -0.1) is 0 Å². The van der Waals surface area contributed by atoms with Gasteiger partial charge in [-0.05, 0) is 52.6 Å². The summed E-state index contributed by atoms with van der Waals surface area (Å²) < 4.78 is 2.28. The number of benzene rings is 5. The van der Waals surface area contributed by atoms with Crippen molar-refractivity contribution in [1.82, 2.24) is 9.55 Å². The number of rotatable bonds is 4. The molecule has 0 fully saturated rings. The fourth-order valence-electron chi connectivity index (χ4n) is 4.40. The molecular formula is C31H22N2. The lowest BCUT2D eigenvalue weighted by atomic mass is 9.98. The molecule has 0 spiro atoms. The minimum Gasteiger partial charge on any atom is -0.292 e. The first-order chi connectivity index (χ1) is 16.4. The summed E-state index contributed by atoms with van der Waals surface area (Å²) in [7, 11) is 0. The molecule has 0 aliphatic heterocycles. The van der Waals surface area contributed by atoms with Gasteiger partial charge in [-0.2, -0.15) is 0 Å². The molecule has 33 heavy (non-hydrogen) atoms. The topological polar surface area (TPSA) is 17.8 Å². The predicted octanol–water partition coefficient (Wildman–Crippen LogP) is 8.03. The van der Waals surface area contributed by atoms with Crippen LogP contribution in [0.2, 0.25) is 0 Å². The van der Waals surface area contributed by atoms with E-state index in [1.54, 1.807) is 0 Å². The maximum absolute atomic E-state index is 5.03. The molecule has 5 aromatic carbocycles. The molecule has 0 aliphatic rings. The minimum absolute atomic E-state index is 0.945. The summed E-state index contributed by atoms with van der Waals surface area (Å²) in [6, 6.07) is 46.7. The smallest absolute Gasteiger partial charge is 0.145 e. The van der Waals surface area contributed by atoms with Crippen LogP contribution < -0.4 is 0 Å². The van der Waals surface area contributed by atoms with Gasteiger partial charge in [0.2, 0.25) is 0 Å². The van der Waals surface area contributed by atoms with Crippen LogP contribution in [0.4, 0.5) is 0 Å². The molecule has 156 valence electrons. The van der Waals surface area contributed by atoms with E-state index < -0.39 is 0 Å². The Bertz CT molecular complexity index is 1470. The Morgan fingerprint density at radius 3 is 1.48 bits per heavy atom. The summed E-state index contributed by atoms with van der Waals surface area (Å²) in [5, 5.41) is 0. The molecule has 1 aromatic heterocycles. The third-order valence-corrected chi connectivity index (χ3v) is 5.98. The number of aromatic nitrogens is 2. The number of hydrogen-bond acceptors (Lipinski definition) is 1. The SMILES string of the molecule is c1ccc(-c2cc(-c3ccccc3)cc(-n3c(-c4ccccc4)nc4ccccc43)c2)cc1. The van der Waals surface area contributed by atoms with Gasteiger partial charge in [-0.1, -0.05) is 103 Å². The molecule has 0 unspecified atom stereocenters. The van der Waals surface area contributed by atoms with E-state index in [9.17, 15) is 0 Å². The van der Waals surface area contributed by atoms with E-state index in [0.717, 1.165) is 28.1 Å². The third-order valence-electron chi connectivity index (χ3n) is 5.98. The highest BCUT2D eigenvalue weighted by atomic mass is 15.1. The molecule has 0 saturated carbocycles. The van der Waals surface area contributed by atoms with Gasteiger partial charge in [0.15, 0.2) is 0 Å². The molecule has 0 N–H and O–H groups in total. The molecular weight excluding hydrogens is 400 g/mol. The lowest BCUT2D eigenvalue weighted by Crippen LogP contribution is -1.99. The average molecular weight is 423 g/mol. The van der Waals surface area contributed by atoms with Gasteiger partial charge in [0.25, 0.3) is 0 Å². The monoisotopic (exact) mass is 422 g/mol. The summed E-state index contributed by atoms with van der Waals surface area (Å²) in [5.41, 5.74) is 9.04. The van der Waals surface area contributed by atoms with Gasteiger partial charge in [-0.3, -0.25) is 4.57 Å². The van der Waals surface area contributed by atoms with Gasteiger partial charge in [0.05, 0.1) is 11.0 Å². The van der Waals surface area contributed by atoms with Crippen LogP contribution in [-0.4, -0.2) is 9.55 Å². The molecule has 1 heterocycles. The second kappa shape index (κ2) is 8.25. The van der Waals surface area contributed by atoms with Crippen molar-refractivity contribution >= 4 is 11.0 Å². The maximum Gasteiger partial charge on any atom is 0.145 e. The van der Waals surface area contributed by atoms with Crippen molar-refractivity contribution in [2.45, 2.75) is 0 Å². The van der Waals surface area contributed by atoms with Crippen molar-refractivity contribution in [3.63, 3.8) is 0 Å². The standard InChI is InChI=1S/C31H22N2/c1-4-12-23(13-5-1)26-20-27(24-14-6-2-7-15-24)22-28(21-26)33-30-19-11-10-18-29(30)32-31(33)25-16-8-3-9-17-25/h1-22H. The first kappa shape index (κ1) is 19.3. The van der Waals surface area contributed by atoms with Gasteiger partial charge in [0.1, 0.15) is 5.82 Å². The number of hydrogen-bond donors (Lipinski definition) is 0. The highest BCUT2D eigenvalue weighted by molar-refractivity contribution is 5.85. The summed E-state index contributed by atoms with van der Waals surface area (Å²) >= 11 is 0. The van der Waals surface area contributed by atoms with Gasteiger partial charge in [0, 0.05) is 11.3 Å². The second-order valence-electron chi connectivity index (χ2n) is 8.13. The zero-order valence-corrected chi connectivity index (χ0v) is 18.1. The Hall–Kier alpha value is -4.43. The normalized spacial score (nSPS) is 11.0. The largest absolute Gasteiger partial charge is 0.292 e. The molecule has 6 rings (SSSR count). The molecule has 0 amide bonds. The highest BCUT2D eigenvalue weighted by Gasteiger charge is 2.16. The Balaban J connectivity index is 1.66. The highest BCUT2D eigenvalue weighted by Crippen LogP contribution is 2.34. The van der Waals surface area contributed by atoms with E-state index in [4.69, 9.17) is 4.98 Å². The Labute approximate surface area is 193 Å². The molecule has 6 aromatic rings. The molecule has 0 aliphatic carbocycles. The van der Waals surface area contributed by atoms with E-state index >= 15 is 0 Å². The predicted molar refractivity (Wildman–Crippen MR) is 137 cm³/mol. The van der Waals surface area contributed by atoms with Crippen LogP contribution in [0.25, 0.3) is 50.4 Å². The van der Waals surface area contributed by atoms with E-state index in [0.29, 0.717) is 0 Å². The van der Waals surface area contributed by atoms with Crippen molar-refractivity contribution in [3.8, 4) is 39.3 Å². The van der Waals surface area contributed by atoms with E-state index in [1.807, 2.05) is 12.1 Å². The van der Waals surface area contributed by atoms with Crippen LogP contribution >= 0.6 is 0 Å². The fourth-order valence-corrected chi connectivity index (χ4v) is 4.40.